The number of hydrogen-bond donors (Lipinski definition) is 1. The van der Waals surface area contributed by atoms with Gasteiger partial charge >= 0.3 is 5.97 Å². The average molecular weight is 234 g/mol. The number of carboxylic acid groups (broad SMARTS) is 1. The molecular weight excluding hydrogens is 212 g/mol. The first kappa shape index (κ1) is 13.8. The van der Waals surface area contributed by atoms with Gasteiger partial charge in [0.05, 0.1) is 5.92 Å². The topological polar surface area (TPSA) is 37.3 Å². The van der Waals surface area contributed by atoms with Crippen molar-refractivity contribution in [2.45, 2.75) is 39.5 Å². The Morgan fingerprint density at radius 1 is 1.12 bits per heavy atom. The third kappa shape index (κ3) is 5.53. The van der Waals surface area contributed by atoms with Crippen LogP contribution in [0.2, 0.25) is 0 Å². The summed E-state index contributed by atoms with van der Waals surface area (Å²) in [5.74, 6) is -0.300. The monoisotopic (exact) mass is 234 g/mol. The van der Waals surface area contributed by atoms with Gasteiger partial charge in [-0.3, -0.25) is 4.79 Å². The van der Waals surface area contributed by atoms with Crippen molar-refractivity contribution in [2.24, 2.45) is 11.8 Å². The van der Waals surface area contributed by atoms with Crippen LogP contribution >= 0.6 is 0 Å². The first-order valence-electron chi connectivity index (χ1n) is 6.36. The largest absolute Gasteiger partial charge is 0.481 e. The summed E-state index contributed by atoms with van der Waals surface area (Å²) >= 11 is 0. The molecule has 0 spiro atoms. The highest BCUT2D eigenvalue weighted by atomic mass is 16.4. The van der Waals surface area contributed by atoms with E-state index >= 15 is 0 Å². The number of rotatable bonds is 7. The molecule has 2 atom stereocenters. The average Bonchev–Trinajstić information content (AvgIpc) is 2.34. The van der Waals surface area contributed by atoms with Gasteiger partial charge in [-0.15, -0.1) is 0 Å². The molecule has 1 aromatic carbocycles. The van der Waals surface area contributed by atoms with Crippen LogP contribution in [0.5, 0.6) is 0 Å². The second-order valence-electron chi connectivity index (χ2n) is 4.95. The first-order chi connectivity index (χ1) is 8.09. The molecule has 0 heterocycles. The summed E-state index contributed by atoms with van der Waals surface area (Å²) < 4.78 is 0. The first-order valence-corrected chi connectivity index (χ1v) is 6.36. The van der Waals surface area contributed by atoms with E-state index in [0.717, 1.165) is 25.7 Å². The maximum absolute atomic E-state index is 10.7. The van der Waals surface area contributed by atoms with E-state index in [4.69, 9.17) is 5.11 Å². The minimum Gasteiger partial charge on any atom is -0.481 e. The van der Waals surface area contributed by atoms with Gasteiger partial charge in [0.2, 0.25) is 0 Å². The van der Waals surface area contributed by atoms with E-state index in [1.807, 2.05) is 6.07 Å². The Morgan fingerprint density at radius 2 is 1.76 bits per heavy atom. The summed E-state index contributed by atoms with van der Waals surface area (Å²) in [6, 6.07) is 10.4. The number of benzene rings is 1. The van der Waals surface area contributed by atoms with E-state index in [0.29, 0.717) is 5.92 Å². The Kier molecular flexibility index (Phi) is 5.75. The molecule has 2 nitrogen and oxygen atoms in total. The third-order valence-corrected chi connectivity index (χ3v) is 3.28. The van der Waals surface area contributed by atoms with Crippen LogP contribution in [0.25, 0.3) is 0 Å². The molecule has 1 rings (SSSR count). The van der Waals surface area contributed by atoms with Crippen LogP contribution in [0, 0.1) is 11.8 Å². The molecule has 0 radical (unpaired) electrons. The van der Waals surface area contributed by atoms with E-state index in [-0.39, 0.29) is 5.92 Å². The van der Waals surface area contributed by atoms with Gasteiger partial charge in [0.25, 0.3) is 0 Å². The summed E-state index contributed by atoms with van der Waals surface area (Å²) in [6.45, 7) is 3.99. The van der Waals surface area contributed by atoms with Crippen LogP contribution in [0.15, 0.2) is 30.3 Å². The lowest BCUT2D eigenvalue weighted by atomic mass is 9.93. The summed E-state index contributed by atoms with van der Waals surface area (Å²) in [7, 11) is 0. The van der Waals surface area contributed by atoms with Crippen molar-refractivity contribution >= 4 is 5.97 Å². The molecule has 0 aromatic heterocycles. The van der Waals surface area contributed by atoms with Gasteiger partial charge in [-0.05, 0) is 37.2 Å². The van der Waals surface area contributed by atoms with E-state index in [1.54, 1.807) is 6.92 Å². The van der Waals surface area contributed by atoms with Gasteiger partial charge in [0, 0.05) is 0 Å². The van der Waals surface area contributed by atoms with Gasteiger partial charge in [-0.2, -0.15) is 0 Å². The smallest absolute Gasteiger partial charge is 0.306 e. The number of carboxylic acids is 1. The minimum absolute atomic E-state index is 0.214. The second kappa shape index (κ2) is 7.10. The number of hydrogen-bond acceptors (Lipinski definition) is 1. The molecule has 0 aliphatic carbocycles. The molecule has 0 saturated carbocycles. The Bertz CT molecular complexity index is 332. The van der Waals surface area contributed by atoms with Crippen LogP contribution < -0.4 is 0 Å². The van der Waals surface area contributed by atoms with Gasteiger partial charge in [0.1, 0.15) is 0 Å². The highest BCUT2D eigenvalue weighted by Gasteiger charge is 2.12. The quantitative estimate of drug-likeness (QED) is 0.780. The van der Waals surface area contributed by atoms with E-state index < -0.39 is 5.97 Å². The fraction of sp³-hybridized carbons (Fsp3) is 0.533. The summed E-state index contributed by atoms with van der Waals surface area (Å²) in [6.07, 6.45) is 4.01. The second-order valence-corrected chi connectivity index (χ2v) is 4.95. The molecule has 0 amide bonds. The molecule has 2 heteroatoms. The van der Waals surface area contributed by atoms with E-state index in [2.05, 4.69) is 31.2 Å². The molecule has 1 aromatic rings. The maximum Gasteiger partial charge on any atom is 0.306 e. The molecule has 17 heavy (non-hydrogen) atoms. The fourth-order valence-electron chi connectivity index (χ4n) is 1.86. The predicted molar refractivity (Wildman–Crippen MR) is 70.0 cm³/mol. The Morgan fingerprint density at radius 3 is 2.35 bits per heavy atom. The van der Waals surface area contributed by atoms with Crippen molar-refractivity contribution in [1.29, 1.82) is 0 Å². The molecular formula is C15H22O2. The normalized spacial score (nSPS) is 14.2. The Labute approximate surface area is 104 Å². The third-order valence-electron chi connectivity index (χ3n) is 3.28. The lowest BCUT2D eigenvalue weighted by Crippen LogP contribution is -2.11. The lowest BCUT2D eigenvalue weighted by molar-refractivity contribution is -0.141. The van der Waals surface area contributed by atoms with Crippen molar-refractivity contribution < 1.29 is 9.90 Å². The minimum atomic E-state index is -0.680. The van der Waals surface area contributed by atoms with Crippen molar-refractivity contribution in [3.05, 3.63) is 35.9 Å². The molecule has 0 bridgehead atoms. The van der Waals surface area contributed by atoms with Gasteiger partial charge < -0.3 is 5.11 Å². The van der Waals surface area contributed by atoms with Crippen LogP contribution in [-0.2, 0) is 11.2 Å². The Hall–Kier alpha value is -1.31. The SMILES string of the molecule is CC(CCc1ccccc1)CCC(C)C(=O)O. The lowest BCUT2D eigenvalue weighted by Gasteiger charge is -2.13. The molecule has 1 N–H and O–H groups in total. The molecule has 0 aliphatic heterocycles. The molecule has 2 unspecified atom stereocenters. The van der Waals surface area contributed by atoms with Crippen molar-refractivity contribution in [2.75, 3.05) is 0 Å². The maximum atomic E-state index is 10.7. The van der Waals surface area contributed by atoms with E-state index in [1.165, 1.54) is 5.56 Å². The van der Waals surface area contributed by atoms with Crippen LogP contribution in [0.1, 0.15) is 38.7 Å². The van der Waals surface area contributed by atoms with Crippen LogP contribution in [0.4, 0.5) is 0 Å². The standard InChI is InChI=1S/C15H22O2/c1-12(8-10-13(2)15(16)17)9-11-14-6-4-3-5-7-14/h3-7,12-13H,8-11H2,1-2H3,(H,16,17). The van der Waals surface area contributed by atoms with Gasteiger partial charge in [-0.1, -0.05) is 44.2 Å². The zero-order valence-corrected chi connectivity index (χ0v) is 10.7. The number of carbonyl (C=O) groups is 1. The van der Waals surface area contributed by atoms with Crippen LogP contribution in [-0.4, -0.2) is 11.1 Å². The highest BCUT2D eigenvalue weighted by molar-refractivity contribution is 5.69. The zero-order valence-electron chi connectivity index (χ0n) is 10.7. The van der Waals surface area contributed by atoms with Gasteiger partial charge in [-0.25, -0.2) is 0 Å². The van der Waals surface area contributed by atoms with Crippen molar-refractivity contribution in [1.82, 2.24) is 0 Å². The molecule has 0 aliphatic rings. The molecule has 94 valence electrons. The fourth-order valence-corrected chi connectivity index (χ4v) is 1.86. The highest BCUT2D eigenvalue weighted by Crippen LogP contribution is 2.17. The van der Waals surface area contributed by atoms with Crippen LogP contribution in [0.3, 0.4) is 0 Å². The molecule has 0 saturated heterocycles. The summed E-state index contributed by atoms with van der Waals surface area (Å²) in [4.78, 5) is 10.7. The zero-order chi connectivity index (χ0) is 12.7. The number of aliphatic carboxylic acids is 1. The van der Waals surface area contributed by atoms with Crippen molar-refractivity contribution in [3.63, 3.8) is 0 Å². The number of aryl methyl sites for hydroxylation is 1. The Balaban J connectivity index is 2.22. The van der Waals surface area contributed by atoms with Gasteiger partial charge in [0.15, 0.2) is 0 Å². The molecule has 0 fully saturated rings. The summed E-state index contributed by atoms with van der Waals surface area (Å²) in [5.41, 5.74) is 1.37. The summed E-state index contributed by atoms with van der Waals surface area (Å²) in [5, 5.41) is 8.80. The van der Waals surface area contributed by atoms with Crippen molar-refractivity contribution in [3.8, 4) is 0 Å². The predicted octanol–water partition coefficient (Wildman–Crippen LogP) is 3.76. The van der Waals surface area contributed by atoms with E-state index in [9.17, 15) is 4.79 Å².